The summed E-state index contributed by atoms with van der Waals surface area (Å²) in [7, 11) is -2.08. The first-order valence-corrected chi connectivity index (χ1v) is 11.3. The fourth-order valence-electron chi connectivity index (χ4n) is 2.45. The van der Waals surface area contributed by atoms with Crippen molar-refractivity contribution >= 4 is 50.1 Å². The number of amides is 1. The minimum Gasteiger partial charge on any atom is -0.495 e. The number of nitrogens with zero attached hydrogens (tertiary/aromatic N) is 4. The summed E-state index contributed by atoms with van der Waals surface area (Å²) < 4.78 is 33.7. The molecular weight excluding hydrogens is 450 g/mol. The van der Waals surface area contributed by atoms with Gasteiger partial charge in [0.1, 0.15) is 17.4 Å². The third kappa shape index (κ3) is 4.68. The molecular formula is C18H14ClN5O4S2. The summed E-state index contributed by atoms with van der Waals surface area (Å²) >= 11 is 6.80. The van der Waals surface area contributed by atoms with Gasteiger partial charge in [-0.25, -0.2) is 8.42 Å². The van der Waals surface area contributed by atoms with Crippen molar-refractivity contribution in [1.29, 1.82) is 5.26 Å². The van der Waals surface area contributed by atoms with Crippen LogP contribution in [0.5, 0.6) is 5.75 Å². The highest BCUT2D eigenvalue weighted by Crippen LogP contribution is 2.28. The van der Waals surface area contributed by atoms with Crippen LogP contribution in [0.3, 0.4) is 0 Å². The molecule has 0 spiro atoms. The van der Waals surface area contributed by atoms with Crippen LogP contribution in [0.2, 0.25) is 5.02 Å². The molecule has 0 aliphatic rings. The second-order valence-corrected chi connectivity index (χ2v) is 9.00. The standard InChI is InChI=1S/C18H14ClN5O4S2/c1-28-15-6-5-12(19)9-14(15)24-7-3-4-13(24)8-11(10-20)16(25)21-17-22-18(23-29-17)30(2,26)27/h3-9H,1-2H3,(H,21,22,23,25). The van der Waals surface area contributed by atoms with Crippen LogP contribution in [0.1, 0.15) is 5.69 Å². The minimum atomic E-state index is -3.60. The summed E-state index contributed by atoms with van der Waals surface area (Å²) in [5.41, 5.74) is 0.935. The molecule has 0 radical (unpaired) electrons. The van der Waals surface area contributed by atoms with Crippen LogP contribution in [0, 0.1) is 11.3 Å². The molecule has 0 saturated heterocycles. The lowest BCUT2D eigenvalue weighted by molar-refractivity contribution is -0.112. The van der Waals surface area contributed by atoms with Crippen molar-refractivity contribution in [2.75, 3.05) is 18.7 Å². The second kappa shape index (κ2) is 8.66. The Labute approximate surface area is 181 Å². The Kier molecular flexibility index (Phi) is 6.21. The normalized spacial score (nSPS) is 11.7. The number of halogens is 1. The molecule has 1 N–H and O–H groups in total. The van der Waals surface area contributed by atoms with E-state index in [1.54, 1.807) is 41.1 Å². The van der Waals surface area contributed by atoms with Crippen molar-refractivity contribution < 1.29 is 17.9 Å². The van der Waals surface area contributed by atoms with Crippen molar-refractivity contribution in [1.82, 2.24) is 13.9 Å². The highest BCUT2D eigenvalue weighted by atomic mass is 35.5. The molecule has 0 unspecified atom stereocenters. The molecule has 3 aromatic rings. The largest absolute Gasteiger partial charge is 0.495 e. The van der Waals surface area contributed by atoms with Crippen molar-refractivity contribution in [2.45, 2.75) is 5.16 Å². The Morgan fingerprint density at radius 2 is 2.17 bits per heavy atom. The zero-order chi connectivity index (χ0) is 21.9. The number of benzene rings is 1. The number of aromatic nitrogens is 3. The van der Waals surface area contributed by atoms with Gasteiger partial charge in [0.2, 0.25) is 15.0 Å². The molecule has 0 bridgehead atoms. The summed E-state index contributed by atoms with van der Waals surface area (Å²) in [4.78, 5) is 16.2. The second-order valence-electron chi connectivity index (χ2n) is 5.90. The molecule has 12 heteroatoms. The maximum absolute atomic E-state index is 12.5. The van der Waals surface area contributed by atoms with Gasteiger partial charge in [-0.05, 0) is 36.4 Å². The number of nitriles is 1. The predicted octanol–water partition coefficient (Wildman–Crippen LogP) is 2.94. The number of hydrogen-bond donors (Lipinski definition) is 1. The lowest BCUT2D eigenvalue weighted by atomic mass is 10.2. The number of carbonyl (C=O) groups is 1. The van der Waals surface area contributed by atoms with E-state index >= 15 is 0 Å². The SMILES string of the molecule is COc1ccc(Cl)cc1-n1cccc1C=C(C#N)C(=O)Nc1nc(S(C)(=O)=O)ns1. The van der Waals surface area contributed by atoms with E-state index in [2.05, 4.69) is 14.7 Å². The summed E-state index contributed by atoms with van der Waals surface area (Å²) in [5.74, 6) is -0.199. The number of anilines is 1. The first-order valence-electron chi connectivity index (χ1n) is 8.21. The van der Waals surface area contributed by atoms with Gasteiger partial charge in [0.05, 0.1) is 12.8 Å². The van der Waals surface area contributed by atoms with Gasteiger partial charge in [-0.15, -0.1) is 0 Å². The van der Waals surface area contributed by atoms with Crippen molar-refractivity contribution in [2.24, 2.45) is 0 Å². The first kappa shape index (κ1) is 21.5. The molecule has 2 heterocycles. The molecule has 9 nitrogen and oxygen atoms in total. The third-order valence-electron chi connectivity index (χ3n) is 3.80. The monoisotopic (exact) mass is 463 g/mol. The average molecular weight is 464 g/mol. The molecule has 0 atom stereocenters. The maximum atomic E-state index is 12.5. The third-order valence-corrected chi connectivity index (χ3v) is 5.62. The Balaban J connectivity index is 1.92. The number of hydrogen-bond acceptors (Lipinski definition) is 8. The van der Waals surface area contributed by atoms with Crippen molar-refractivity contribution in [3.63, 3.8) is 0 Å². The summed E-state index contributed by atoms with van der Waals surface area (Å²) in [6, 6.07) is 10.4. The van der Waals surface area contributed by atoms with E-state index in [4.69, 9.17) is 16.3 Å². The zero-order valence-corrected chi connectivity index (χ0v) is 18.0. The molecule has 0 aliphatic heterocycles. The zero-order valence-electron chi connectivity index (χ0n) is 15.7. The molecule has 0 aliphatic carbocycles. The average Bonchev–Trinajstić information content (AvgIpc) is 3.35. The minimum absolute atomic E-state index is 0.0338. The fraction of sp³-hybridized carbons (Fsp3) is 0.111. The van der Waals surface area contributed by atoms with Crippen LogP contribution in [0.25, 0.3) is 11.8 Å². The smallest absolute Gasteiger partial charge is 0.268 e. The number of sulfone groups is 1. The van der Waals surface area contributed by atoms with E-state index in [1.807, 2.05) is 6.07 Å². The van der Waals surface area contributed by atoms with E-state index in [-0.39, 0.29) is 10.7 Å². The van der Waals surface area contributed by atoms with Gasteiger partial charge in [-0.2, -0.15) is 14.6 Å². The molecule has 0 saturated carbocycles. The van der Waals surface area contributed by atoms with E-state index in [0.29, 0.717) is 33.7 Å². The van der Waals surface area contributed by atoms with Gasteiger partial charge in [0.25, 0.3) is 11.1 Å². The first-order chi connectivity index (χ1) is 14.2. The van der Waals surface area contributed by atoms with Gasteiger partial charge >= 0.3 is 0 Å². The van der Waals surface area contributed by atoms with Gasteiger partial charge in [0.15, 0.2) is 0 Å². The predicted molar refractivity (Wildman–Crippen MR) is 113 cm³/mol. The number of rotatable bonds is 6. The van der Waals surface area contributed by atoms with Crippen LogP contribution in [0.4, 0.5) is 5.13 Å². The number of carbonyl (C=O) groups excluding carboxylic acids is 1. The lowest BCUT2D eigenvalue weighted by Gasteiger charge is -2.12. The molecule has 2 aromatic heterocycles. The molecule has 1 amide bonds. The topological polar surface area (TPSA) is 127 Å². The van der Waals surface area contributed by atoms with Crippen LogP contribution < -0.4 is 10.1 Å². The molecule has 154 valence electrons. The summed E-state index contributed by atoms with van der Waals surface area (Å²) in [6.45, 7) is 0. The quantitative estimate of drug-likeness (QED) is 0.439. The number of methoxy groups -OCH3 is 1. The van der Waals surface area contributed by atoms with Crippen LogP contribution in [-0.4, -0.2) is 41.6 Å². The van der Waals surface area contributed by atoms with E-state index < -0.39 is 20.9 Å². The molecule has 30 heavy (non-hydrogen) atoms. The Hall–Kier alpha value is -3.20. The molecule has 1 aromatic carbocycles. The van der Waals surface area contributed by atoms with Crippen molar-refractivity contribution in [3.8, 4) is 17.5 Å². The van der Waals surface area contributed by atoms with Gasteiger partial charge in [0, 0.05) is 34.7 Å². The maximum Gasteiger partial charge on any atom is 0.268 e. The van der Waals surface area contributed by atoms with Crippen LogP contribution in [0.15, 0.2) is 47.3 Å². The van der Waals surface area contributed by atoms with E-state index in [9.17, 15) is 18.5 Å². The highest BCUT2D eigenvalue weighted by molar-refractivity contribution is 7.90. The summed E-state index contributed by atoms with van der Waals surface area (Å²) in [5, 5.41) is 11.9. The highest BCUT2D eigenvalue weighted by Gasteiger charge is 2.18. The summed E-state index contributed by atoms with van der Waals surface area (Å²) in [6.07, 6.45) is 4.07. The van der Waals surface area contributed by atoms with Crippen molar-refractivity contribution in [3.05, 3.63) is 52.8 Å². The Morgan fingerprint density at radius 1 is 1.40 bits per heavy atom. The Morgan fingerprint density at radius 3 is 2.80 bits per heavy atom. The van der Waals surface area contributed by atoms with Crippen LogP contribution in [-0.2, 0) is 14.6 Å². The lowest BCUT2D eigenvalue weighted by Crippen LogP contribution is -2.14. The molecule has 0 fully saturated rings. The van der Waals surface area contributed by atoms with E-state index in [0.717, 1.165) is 6.26 Å². The number of nitrogens with one attached hydrogen (secondary N) is 1. The molecule has 3 rings (SSSR count). The van der Waals surface area contributed by atoms with Gasteiger partial charge in [-0.3, -0.25) is 10.1 Å². The Bertz CT molecular complexity index is 1290. The van der Waals surface area contributed by atoms with Gasteiger partial charge in [-0.1, -0.05) is 11.6 Å². The fourth-order valence-corrected chi connectivity index (χ4v) is 4.06. The van der Waals surface area contributed by atoms with Crippen LogP contribution >= 0.6 is 23.1 Å². The number of ether oxygens (including phenoxy) is 1. The van der Waals surface area contributed by atoms with Gasteiger partial charge < -0.3 is 9.30 Å². The van der Waals surface area contributed by atoms with E-state index in [1.165, 1.54) is 13.2 Å².